The van der Waals surface area contributed by atoms with Crippen molar-refractivity contribution in [3.8, 4) is 0 Å². The maximum absolute atomic E-state index is 0. The average Bonchev–Trinajstić information content (AvgIpc) is 0. The Kier molecular flexibility index (Phi) is 143. The molecule has 0 aliphatic heterocycles. The molecule has 0 aromatic heterocycles. The zero-order valence-electron chi connectivity index (χ0n) is 1.95. The number of hydrogen-bond donors (Lipinski definition) is 0. The van der Waals surface area contributed by atoms with Crippen LogP contribution in [0.1, 0.15) is 0 Å². The van der Waals surface area contributed by atoms with E-state index in [4.69, 9.17) is 0 Å². The van der Waals surface area contributed by atoms with Crippen LogP contribution in [0, 0.1) is 126 Å². The first-order valence-corrected chi connectivity index (χ1v) is 0. The number of hydrogen-bond acceptors (Lipinski definition) is 0. The quantitative estimate of drug-likeness (QED) is 0.270. The molecular formula is CeErPSbYb. The summed E-state index contributed by atoms with van der Waals surface area (Å²) in [5, 5.41) is 0. The Labute approximate surface area is 155 Å². The second-order valence-electron chi connectivity index (χ2n) is 0. The molecule has 0 unspecified atom stereocenters. The summed E-state index contributed by atoms with van der Waals surface area (Å²) in [5.74, 6) is 0. The zero-order chi connectivity index (χ0) is 0. The molecule has 0 bridgehead atoms. The van der Waals surface area contributed by atoms with E-state index in [9.17, 15) is 0 Å². The topological polar surface area (TPSA) is 0 Å². The molecule has 0 saturated carbocycles. The molecule has 0 aliphatic rings. The molecule has 0 nitrogen and oxygen atoms in total. The molecule has 0 amide bonds. The van der Waals surface area contributed by atoms with Crippen molar-refractivity contribution in [2.24, 2.45) is 0 Å². The minimum absolute atomic E-state index is 0. The molecular weight excluding hydrogens is 633 g/mol. The molecule has 0 aromatic carbocycles. The SMILES string of the molecule is [Ce].[Er].[P].[Sb].[Yb]. The molecule has 5 heavy (non-hydrogen) atoms. The molecule has 0 aromatic rings. The summed E-state index contributed by atoms with van der Waals surface area (Å²) in [6, 6.07) is 0. The molecule has 0 rings (SSSR count). The second kappa shape index (κ2) is 22.8. The molecule has 0 spiro atoms. The van der Waals surface area contributed by atoms with Crippen LogP contribution in [0.25, 0.3) is 0 Å². The van der Waals surface area contributed by atoms with Gasteiger partial charge in [0.05, 0.1) is 0 Å². The van der Waals surface area contributed by atoms with Crippen LogP contribution in [0.4, 0.5) is 0 Å². The smallest absolute Gasteiger partial charge is 0 e. The van der Waals surface area contributed by atoms with Crippen molar-refractivity contribution in [1.82, 2.24) is 0 Å². The maximum Gasteiger partial charge on any atom is 0 e. The van der Waals surface area contributed by atoms with E-state index in [2.05, 4.69) is 0 Å². The average molecular weight is 633 g/mol. The van der Waals surface area contributed by atoms with Gasteiger partial charge in [-0.1, -0.05) is 0 Å². The van der Waals surface area contributed by atoms with E-state index in [-0.39, 0.29) is 160 Å². The first-order valence-electron chi connectivity index (χ1n) is 0. The third-order valence-corrected chi connectivity index (χ3v) is 0. The Hall–Kier alpha value is 5.39. The van der Waals surface area contributed by atoms with E-state index < -0.39 is 0 Å². The van der Waals surface area contributed by atoms with Crippen LogP contribution >= 0.6 is 9.90 Å². The van der Waals surface area contributed by atoms with Crippen molar-refractivity contribution in [2.75, 3.05) is 0 Å². The molecule has 0 atom stereocenters. The van der Waals surface area contributed by atoms with Gasteiger partial charge in [-0.2, -0.15) is 0 Å². The molecule has 6 radical (unpaired) electrons. The summed E-state index contributed by atoms with van der Waals surface area (Å²) in [6.07, 6.45) is 0. The Morgan fingerprint density at radius 2 is 1.00 bits per heavy atom. The largest absolute Gasteiger partial charge is 0 e. The normalized spacial score (nSPS) is 0. The zero-order valence-corrected chi connectivity index (χ0v) is 12.1. The Morgan fingerprint density at radius 3 is 1.00 bits per heavy atom. The number of rotatable bonds is 0. The van der Waals surface area contributed by atoms with E-state index in [1.54, 1.807) is 0 Å². The molecule has 5 heteroatoms. The van der Waals surface area contributed by atoms with Crippen LogP contribution < -0.4 is 0 Å². The van der Waals surface area contributed by atoms with Gasteiger partial charge < -0.3 is 0 Å². The first kappa shape index (κ1) is 31.5. The predicted molar refractivity (Wildman–Crippen MR) is 12.7 cm³/mol. The minimum Gasteiger partial charge on any atom is 0 e. The predicted octanol–water partition coefficient (Wildman–Crippen LogP) is 0.480. The third kappa shape index (κ3) is 17.7. The van der Waals surface area contributed by atoms with Gasteiger partial charge in [0.1, 0.15) is 0 Å². The molecule has 0 aliphatic carbocycles. The van der Waals surface area contributed by atoms with Gasteiger partial charge in [0.25, 0.3) is 0 Å². The van der Waals surface area contributed by atoms with Crippen LogP contribution in [-0.4, -0.2) is 24.4 Å². The fourth-order valence-electron chi connectivity index (χ4n) is 0. The van der Waals surface area contributed by atoms with Gasteiger partial charge >= 0.3 is 0 Å². The van der Waals surface area contributed by atoms with Crippen molar-refractivity contribution in [3.05, 3.63) is 0 Å². The van der Waals surface area contributed by atoms with E-state index in [1.807, 2.05) is 0 Å². The molecule has 0 heterocycles. The molecule has 0 saturated heterocycles. The van der Waals surface area contributed by atoms with E-state index >= 15 is 0 Å². The van der Waals surface area contributed by atoms with Crippen molar-refractivity contribution >= 4 is 34.3 Å². The van der Waals surface area contributed by atoms with Gasteiger partial charge in [-0.05, 0) is 0 Å². The Bertz CT molecular complexity index is 11.6. The first-order chi connectivity index (χ1) is 0. The Morgan fingerprint density at radius 1 is 1.00 bits per heavy atom. The summed E-state index contributed by atoms with van der Waals surface area (Å²) in [4.78, 5) is 0. The van der Waals surface area contributed by atoms with Gasteiger partial charge in [-0.15, -0.1) is 0 Å². The summed E-state index contributed by atoms with van der Waals surface area (Å²) in [7, 11) is 0. The standard InChI is InChI=1S/Ce.Er.P.Sb.Yb. The summed E-state index contributed by atoms with van der Waals surface area (Å²) >= 11 is 0. The minimum atomic E-state index is 0. The van der Waals surface area contributed by atoms with Crippen LogP contribution in [0.2, 0.25) is 0 Å². The van der Waals surface area contributed by atoms with Crippen LogP contribution in [0.5, 0.6) is 0 Å². The maximum atomic E-state index is 0. The fraction of sp³-hybridized carbons (Fsp3) is 0. The van der Waals surface area contributed by atoms with Crippen LogP contribution in [0.15, 0.2) is 0 Å². The van der Waals surface area contributed by atoms with E-state index in [0.717, 1.165) is 0 Å². The van der Waals surface area contributed by atoms with Crippen LogP contribution in [0.3, 0.4) is 0 Å². The van der Waals surface area contributed by atoms with Gasteiger partial charge in [0, 0.05) is 160 Å². The summed E-state index contributed by atoms with van der Waals surface area (Å²) in [5.41, 5.74) is 0. The molecule has 0 fully saturated rings. The second-order valence-corrected chi connectivity index (χ2v) is 0. The van der Waals surface area contributed by atoms with Crippen molar-refractivity contribution in [3.63, 3.8) is 0 Å². The van der Waals surface area contributed by atoms with Gasteiger partial charge in [-0.25, -0.2) is 0 Å². The van der Waals surface area contributed by atoms with Crippen molar-refractivity contribution < 1.29 is 126 Å². The van der Waals surface area contributed by atoms with Crippen LogP contribution in [-0.2, 0) is 0 Å². The van der Waals surface area contributed by atoms with E-state index in [0.29, 0.717) is 0 Å². The Balaban J connectivity index is 0. The van der Waals surface area contributed by atoms with Crippen molar-refractivity contribution in [2.45, 2.75) is 0 Å². The van der Waals surface area contributed by atoms with Gasteiger partial charge in [0.2, 0.25) is 0 Å². The van der Waals surface area contributed by atoms with Gasteiger partial charge in [-0.3, -0.25) is 0 Å². The monoisotopic (exact) mass is 632 g/mol. The van der Waals surface area contributed by atoms with Gasteiger partial charge in [0.15, 0.2) is 0 Å². The fourth-order valence-corrected chi connectivity index (χ4v) is 0. The summed E-state index contributed by atoms with van der Waals surface area (Å²) in [6.45, 7) is 0. The van der Waals surface area contributed by atoms with E-state index in [1.165, 1.54) is 0 Å². The molecule has 0 N–H and O–H groups in total. The molecule has 40 valence electrons. The van der Waals surface area contributed by atoms with Crippen molar-refractivity contribution in [1.29, 1.82) is 0 Å². The third-order valence-electron chi connectivity index (χ3n) is 0. The summed E-state index contributed by atoms with van der Waals surface area (Å²) < 4.78 is 0.